The molecule has 2 N–H and O–H groups in total. The Bertz CT molecular complexity index is 283. The molecular weight excluding hydrogens is 154 g/mol. The lowest BCUT2D eigenvalue weighted by molar-refractivity contribution is 0.883. The maximum absolute atomic E-state index is 5.68. The van der Waals surface area contributed by atoms with E-state index in [-0.39, 0.29) is 0 Å². The van der Waals surface area contributed by atoms with Gasteiger partial charge in [-0.25, -0.2) is 0 Å². The van der Waals surface area contributed by atoms with Crippen LogP contribution in [-0.4, -0.2) is 5.75 Å². The lowest BCUT2D eigenvalue weighted by Gasteiger charge is -2.02. The first kappa shape index (κ1) is 7.04. The average molecular weight is 165 g/mol. The van der Waals surface area contributed by atoms with Crippen molar-refractivity contribution in [1.29, 1.82) is 0 Å². The van der Waals surface area contributed by atoms with Crippen molar-refractivity contribution >= 4 is 17.4 Å². The average Bonchev–Trinajstić information content (AvgIpc) is 2.33. The second-order valence-electron chi connectivity index (χ2n) is 3.01. The molecule has 1 atom stereocenters. The van der Waals surface area contributed by atoms with Crippen LogP contribution in [0.15, 0.2) is 23.1 Å². The van der Waals surface area contributed by atoms with Gasteiger partial charge in [0.25, 0.3) is 0 Å². The number of thioether (sulfide) groups is 1. The van der Waals surface area contributed by atoms with Crippen molar-refractivity contribution in [3.05, 3.63) is 23.8 Å². The SMILES string of the molecule is CC1CSc2ccc(N)cc21. The maximum Gasteiger partial charge on any atom is 0.0317 e. The summed E-state index contributed by atoms with van der Waals surface area (Å²) in [5, 5.41) is 0. The van der Waals surface area contributed by atoms with Gasteiger partial charge in [0.1, 0.15) is 0 Å². The highest BCUT2D eigenvalue weighted by molar-refractivity contribution is 7.99. The van der Waals surface area contributed by atoms with E-state index in [1.807, 2.05) is 17.8 Å². The van der Waals surface area contributed by atoms with E-state index in [9.17, 15) is 0 Å². The summed E-state index contributed by atoms with van der Waals surface area (Å²) >= 11 is 1.93. The van der Waals surface area contributed by atoms with Crippen LogP contribution in [0, 0.1) is 0 Å². The number of rotatable bonds is 0. The molecule has 0 radical (unpaired) electrons. The number of hydrogen-bond acceptors (Lipinski definition) is 2. The Hall–Kier alpha value is -0.630. The molecule has 2 heteroatoms. The number of anilines is 1. The molecular formula is C9H11NS. The van der Waals surface area contributed by atoms with Crippen molar-refractivity contribution in [3.8, 4) is 0 Å². The fraction of sp³-hybridized carbons (Fsp3) is 0.333. The molecule has 58 valence electrons. The van der Waals surface area contributed by atoms with Gasteiger partial charge in [-0.3, -0.25) is 0 Å². The Morgan fingerprint density at radius 3 is 3.18 bits per heavy atom. The van der Waals surface area contributed by atoms with Crippen molar-refractivity contribution in [2.75, 3.05) is 11.5 Å². The lowest BCUT2D eigenvalue weighted by Crippen LogP contribution is -1.91. The molecule has 0 amide bonds. The molecule has 1 aromatic carbocycles. The minimum Gasteiger partial charge on any atom is -0.399 e. The maximum atomic E-state index is 5.68. The zero-order valence-electron chi connectivity index (χ0n) is 6.50. The van der Waals surface area contributed by atoms with E-state index in [1.165, 1.54) is 16.2 Å². The molecule has 0 saturated heterocycles. The van der Waals surface area contributed by atoms with E-state index < -0.39 is 0 Å². The van der Waals surface area contributed by atoms with Crippen LogP contribution in [0.2, 0.25) is 0 Å². The molecule has 0 fully saturated rings. The monoisotopic (exact) mass is 165 g/mol. The molecule has 0 aliphatic carbocycles. The Labute approximate surface area is 71.0 Å². The Balaban J connectivity index is 2.52. The molecule has 1 aliphatic heterocycles. The third kappa shape index (κ3) is 1.11. The second kappa shape index (κ2) is 2.45. The Morgan fingerprint density at radius 2 is 2.36 bits per heavy atom. The van der Waals surface area contributed by atoms with Crippen LogP contribution < -0.4 is 5.73 Å². The molecule has 0 spiro atoms. The topological polar surface area (TPSA) is 26.0 Å². The molecule has 1 unspecified atom stereocenters. The fourth-order valence-electron chi connectivity index (χ4n) is 1.39. The van der Waals surface area contributed by atoms with Crippen molar-refractivity contribution in [3.63, 3.8) is 0 Å². The summed E-state index contributed by atoms with van der Waals surface area (Å²) in [6.07, 6.45) is 0. The highest BCUT2D eigenvalue weighted by atomic mass is 32.2. The summed E-state index contributed by atoms with van der Waals surface area (Å²) in [6, 6.07) is 6.20. The zero-order chi connectivity index (χ0) is 7.84. The van der Waals surface area contributed by atoms with Gasteiger partial charge >= 0.3 is 0 Å². The van der Waals surface area contributed by atoms with Gasteiger partial charge in [-0.15, -0.1) is 11.8 Å². The minimum absolute atomic E-state index is 0.679. The number of fused-ring (bicyclic) bond motifs is 1. The van der Waals surface area contributed by atoms with E-state index in [0.717, 1.165) is 5.69 Å². The molecule has 0 bridgehead atoms. The van der Waals surface area contributed by atoms with Crippen molar-refractivity contribution in [2.24, 2.45) is 0 Å². The van der Waals surface area contributed by atoms with Gasteiger partial charge in [-0.05, 0) is 29.7 Å². The summed E-state index contributed by atoms with van der Waals surface area (Å²) in [5.41, 5.74) is 8.00. The molecule has 0 saturated carbocycles. The van der Waals surface area contributed by atoms with E-state index >= 15 is 0 Å². The third-order valence-corrected chi connectivity index (χ3v) is 3.40. The van der Waals surface area contributed by atoms with Crippen molar-refractivity contribution in [1.82, 2.24) is 0 Å². The predicted molar refractivity (Wildman–Crippen MR) is 50.0 cm³/mol. The summed E-state index contributed by atoms with van der Waals surface area (Å²) in [4.78, 5) is 1.41. The van der Waals surface area contributed by atoms with E-state index in [2.05, 4.69) is 19.1 Å². The van der Waals surface area contributed by atoms with E-state index in [0.29, 0.717) is 5.92 Å². The minimum atomic E-state index is 0.679. The number of benzene rings is 1. The smallest absolute Gasteiger partial charge is 0.0317 e. The third-order valence-electron chi connectivity index (χ3n) is 2.05. The normalized spacial score (nSPS) is 21.7. The van der Waals surface area contributed by atoms with E-state index in [4.69, 9.17) is 5.73 Å². The lowest BCUT2D eigenvalue weighted by atomic mass is 10.0. The first-order valence-corrected chi connectivity index (χ1v) is 4.78. The van der Waals surface area contributed by atoms with Crippen LogP contribution in [0.5, 0.6) is 0 Å². The van der Waals surface area contributed by atoms with Gasteiger partial charge < -0.3 is 5.73 Å². The van der Waals surface area contributed by atoms with Crippen LogP contribution in [0.4, 0.5) is 5.69 Å². The largest absolute Gasteiger partial charge is 0.399 e. The van der Waals surface area contributed by atoms with Gasteiger partial charge in [0.05, 0.1) is 0 Å². The van der Waals surface area contributed by atoms with Gasteiger partial charge in [-0.2, -0.15) is 0 Å². The zero-order valence-corrected chi connectivity index (χ0v) is 7.32. The number of nitrogen functional groups attached to an aromatic ring is 1. The molecule has 1 nitrogen and oxygen atoms in total. The van der Waals surface area contributed by atoms with Gasteiger partial charge in [-0.1, -0.05) is 6.92 Å². The highest BCUT2D eigenvalue weighted by Gasteiger charge is 2.18. The second-order valence-corrected chi connectivity index (χ2v) is 4.07. The molecule has 2 rings (SSSR count). The number of nitrogens with two attached hydrogens (primary N) is 1. The van der Waals surface area contributed by atoms with Gasteiger partial charge in [0, 0.05) is 16.3 Å². The Kier molecular flexibility index (Phi) is 1.57. The van der Waals surface area contributed by atoms with Crippen LogP contribution in [-0.2, 0) is 0 Å². The van der Waals surface area contributed by atoms with Crippen molar-refractivity contribution < 1.29 is 0 Å². The van der Waals surface area contributed by atoms with Crippen LogP contribution >= 0.6 is 11.8 Å². The first-order valence-electron chi connectivity index (χ1n) is 3.79. The summed E-state index contributed by atoms with van der Waals surface area (Å²) < 4.78 is 0. The Morgan fingerprint density at radius 1 is 1.55 bits per heavy atom. The molecule has 1 heterocycles. The van der Waals surface area contributed by atoms with Crippen LogP contribution in [0.1, 0.15) is 18.4 Å². The first-order chi connectivity index (χ1) is 5.27. The molecule has 11 heavy (non-hydrogen) atoms. The molecule has 0 aromatic heterocycles. The molecule has 1 aliphatic rings. The summed E-state index contributed by atoms with van der Waals surface area (Å²) in [5.74, 6) is 1.89. The highest BCUT2D eigenvalue weighted by Crippen LogP contribution is 2.39. The van der Waals surface area contributed by atoms with Gasteiger partial charge in [0.15, 0.2) is 0 Å². The van der Waals surface area contributed by atoms with Gasteiger partial charge in [0.2, 0.25) is 0 Å². The quantitative estimate of drug-likeness (QED) is 0.598. The fourth-order valence-corrected chi connectivity index (χ4v) is 2.59. The summed E-state index contributed by atoms with van der Waals surface area (Å²) in [7, 11) is 0. The predicted octanol–water partition coefficient (Wildman–Crippen LogP) is 2.48. The standard InChI is InChI=1S/C9H11NS/c1-6-5-11-9-3-2-7(10)4-8(6)9/h2-4,6H,5,10H2,1H3. The van der Waals surface area contributed by atoms with Crippen LogP contribution in [0.25, 0.3) is 0 Å². The van der Waals surface area contributed by atoms with Crippen molar-refractivity contribution in [2.45, 2.75) is 17.7 Å². The van der Waals surface area contributed by atoms with Crippen LogP contribution in [0.3, 0.4) is 0 Å². The number of hydrogen-bond donors (Lipinski definition) is 1. The molecule has 1 aromatic rings. The summed E-state index contributed by atoms with van der Waals surface area (Å²) in [6.45, 7) is 2.25. The van der Waals surface area contributed by atoms with E-state index in [1.54, 1.807) is 0 Å².